The number of nitrogens with zero attached hydrogens (tertiary/aromatic N) is 4. The maximum Gasteiger partial charge on any atom is 0.237 e. The number of nitrogens with one attached hydrogen (secondary N) is 1. The van der Waals surface area contributed by atoms with Crippen LogP contribution >= 0.6 is 0 Å². The second kappa shape index (κ2) is 9.01. The van der Waals surface area contributed by atoms with Crippen molar-refractivity contribution in [2.45, 2.75) is 50.7 Å². The van der Waals surface area contributed by atoms with Gasteiger partial charge in [-0.2, -0.15) is 0 Å². The van der Waals surface area contributed by atoms with Gasteiger partial charge in [0.15, 0.2) is 0 Å². The van der Waals surface area contributed by atoms with E-state index in [1.807, 2.05) is 29.3 Å². The zero-order chi connectivity index (χ0) is 19.3. The van der Waals surface area contributed by atoms with E-state index in [0.717, 1.165) is 57.8 Å². The number of amides is 2. The molecule has 0 radical (unpaired) electrons. The Morgan fingerprint density at radius 2 is 1.89 bits per heavy atom. The summed E-state index contributed by atoms with van der Waals surface area (Å²) in [7, 11) is 0. The molecule has 2 aliphatic heterocycles. The van der Waals surface area contributed by atoms with Crippen LogP contribution in [0.15, 0.2) is 24.4 Å². The molecule has 7 nitrogen and oxygen atoms in total. The minimum atomic E-state index is -0.295. The van der Waals surface area contributed by atoms with Gasteiger partial charge in [0.2, 0.25) is 11.8 Å². The van der Waals surface area contributed by atoms with Crippen LogP contribution in [0.2, 0.25) is 0 Å². The molecular formula is C21H31N5O2. The topological polar surface area (TPSA) is 68.8 Å². The predicted molar refractivity (Wildman–Crippen MR) is 106 cm³/mol. The molecule has 152 valence electrons. The summed E-state index contributed by atoms with van der Waals surface area (Å²) in [6, 6.07) is 6.15. The molecule has 2 amide bonds. The van der Waals surface area contributed by atoms with Gasteiger partial charge in [-0.15, -0.1) is 0 Å². The second-order valence-electron chi connectivity index (χ2n) is 8.17. The van der Waals surface area contributed by atoms with Crippen molar-refractivity contribution >= 4 is 11.8 Å². The first-order valence-electron chi connectivity index (χ1n) is 10.6. The van der Waals surface area contributed by atoms with Gasteiger partial charge < -0.3 is 10.2 Å². The fourth-order valence-corrected chi connectivity index (χ4v) is 4.79. The summed E-state index contributed by atoms with van der Waals surface area (Å²) in [4.78, 5) is 36.4. The third-order valence-electron chi connectivity index (χ3n) is 6.37. The van der Waals surface area contributed by atoms with Crippen LogP contribution in [-0.4, -0.2) is 82.9 Å². The summed E-state index contributed by atoms with van der Waals surface area (Å²) in [5, 5.41) is 2.96. The fourth-order valence-electron chi connectivity index (χ4n) is 4.79. The van der Waals surface area contributed by atoms with Crippen LogP contribution in [-0.2, 0) is 16.1 Å². The van der Waals surface area contributed by atoms with Gasteiger partial charge >= 0.3 is 0 Å². The van der Waals surface area contributed by atoms with Crippen LogP contribution in [0.3, 0.4) is 0 Å². The van der Waals surface area contributed by atoms with E-state index in [4.69, 9.17) is 0 Å². The minimum Gasteiger partial charge on any atom is -0.353 e. The molecule has 1 atom stereocenters. The molecule has 3 heterocycles. The molecule has 28 heavy (non-hydrogen) atoms. The largest absolute Gasteiger partial charge is 0.353 e. The molecule has 0 unspecified atom stereocenters. The molecule has 2 saturated heterocycles. The lowest BCUT2D eigenvalue weighted by atomic mass is 10.0. The van der Waals surface area contributed by atoms with E-state index in [1.54, 1.807) is 0 Å². The molecule has 7 heteroatoms. The number of aromatic nitrogens is 1. The smallest absolute Gasteiger partial charge is 0.237 e. The fraction of sp³-hybridized carbons (Fsp3) is 0.667. The van der Waals surface area contributed by atoms with Gasteiger partial charge in [0.1, 0.15) is 0 Å². The highest BCUT2D eigenvalue weighted by Crippen LogP contribution is 2.27. The maximum absolute atomic E-state index is 12.9. The Balaban J connectivity index is 1.30. The Hall–Kier alpha value is -1.99. The van der Waals surface area contributed by atoms with E-state index in [0.29, 0.717) is 19.0 Å². The monoisotopic (exact) mass is 385 g/mol. The van der Waals surface area contributed by atoms with Crippen molar-refractivity contribution in [3.63, 3.8) is 0 Å². The van der Waals surface area contributed by atoms with E-state index < -0.39 is 0 Å². The van der Waals surface area contributed by atoms with Crippen molar-refractivity contribution in [1.29, 1.82) is 0 Å². The Bertz CT molecular complexity index is 669. The Morgan fingerprint density at radius 1 is 1.11 bits per heavy atom. The highest BCUT2D eigenvalue weighted by Gasteiger charge is 2.37. The highest BCUT2D eigenvalue weighted by molar-refractivity contribution is 5.89. The maximum atomic E-state index is 12.9. The zero-order valence-electron chi connectivity index (χ0n) is 16.6. The van der Waals surface area contributed by atoms with Crippen molar-refractivity contribution in [1.82, 2.24) is 25.0 Å². The van der Waals surface area contributed by atoms with E-state index in [-0.39, 0.29) is 17.9 Å². The second-order valence-corrected chi connectivity index (χ2v) is 8.17. The molecule has 1 N–H and O–H groups in total. The quantitative estimate of drug-likeness (QED) is 0.814. The summed E-state index contributed by atoms with van der Waals surface area (Å²) in [5.41, 5.74) is 1.06. The SMILES string of the molecule is O=C1NCCN(C2CCCC2)[C@@H]1CC(=O)N1CCN(Cc2ccccn2)CC1. The molecule has 0 spiro atoms. The van der Waals surface area contributed by atoms with Crippen molar-refractivity contribution in [3.8, 4) is 0 Å². The average molecular weight is 386 g/mol. The van der Waals surface area contributed by atoms with Crippen LogP contribution in [0.4, 0.5) is 0 Å². The molecule has 3 aliphatic rings. The van der Waals surface area contributed by atoms with Crippen molar-refractivity contribution in [3.05, 3.63) is 30.1 Å². The highest BCUT2D eigenvalue weighted by atomic mass is 16.2. The first-order valence-corrected chi connectivity index (χ1v) is 10.6. The van der Waals surface area contributed by atoms with Gasteiger partial charge in [-0.25, -0.2) is 0 Å². The van der Waals surface area contributed by atoms with E-state index in [1.165, 1.54) is 12.8 Å². The third-order valence-corrected chi connectivity index (χ3v) is 6.37. The van der Waals surface area contributed by atoms with Crippen LogP contribution < -0.4 is 5.32 Å². The van der Waals surface area contributed by atoms with Crippen molar-refractivity contribution in [2.24, 2.45) is 0 Å². The summed E-state index contributed by atoms with van der Waals surface area (Å²) in [6.45, 7) is 5.55. The lowest BCUT2D eigenvalue weighted by Gasteiger charge is -2.40. The van der Waals surface area contributed by atoms with Crippen molar-refractivity contribution in [2.75, 3.05) is 39.3 Å². The van der Waals surface area contributed by atoms with Gasteiger partial charge in [-0.05, 0) is 25.0 Å². The third kappa shape index (κ3) is 4.52. The molecule has 1 aliphatic carbocycles. The van der Waals surface area contributed by atoms with Gasteiger partial charge in [0.05, 0.1) is 18.2 Å². The summed E-state index contributed by atoms with van der Waals surface area (Å²) < 4.78 is 0. The van der Waals surface area contributed by atoms with Crippen molar-refractivity contribution < 1.29 is 9.59 Å². The Morgan fingerprint density at radius 3 is 2.61 bits per heavy atom. The first kappa shape index (κ1) is 19.3. The van der Waals surface area contributed by atoms with E-state index in [9.17, 15) is 9.59 Å². The molecule has 3 fully saturated rings. The lowest BCUT2D eigenvalue weighted by molar-refractivity contribution is -0.141. The number of pyridine rings is 1. The molecule has 0 aromatic carbocycles. The van der Waals surface area contributed by atoms with Gasteiger partial charge in [0.25, 0.3) is 0 Å². The summed E-state index contributed by atoms with van der Waals surface area (Å²) in [6.07, 6.45) is 6.92. The average Bonchev–Trinajstić information content (AvgIpc) is 3.25. The number of piperazine rings is 2. The van der Waals surface area contributed by atoms with Gasteiger partial charge in [-0.1, -0.05) is 18.9 Å². The minimum absolute atomic E-state index is 0.0280. The number of hydrogen-bond acceptors (Lipinski definition) is 5. The van der Waals surface area contributed by atoms with Crippen LogP contribution in [0.5, 0.6) is 0 Å². The van der Waals surface area contributed by atoms with E-state index >= 15 is 0 Å². The van der Waals surface area contributed by atoms with Crippen LogP contribution in [0, 0.1) is 0 Å². The normalized spacial score (nSPS) is 25.1. The standard InChI is InChI=1S/C21H31N5O2/c27-20(15-19-21(28)23-9-10-26(19)18-6-1-2-7-18)25-13-11-24(12-14-25)16-17-5-3-4-8-22-17/h3-5,8,18-19H,1-2,6-7,9-16H2,(H,23,28)/t19-/m1/s1. The predicted octanol–water partition coefficient (Wildman–Crippen LogP) is 0.859. The molecule has 1 aromatic rings. The molecule has 0 bridgehead atoms. The number of rotatable bonds is 5. The molecule has 1 saturated carbocycles. The Kier molecular flexibility index (Phi) is 6.22. The molecular weight excluding hydrogens is 354 g/mol. The summed E-state index contributed by atoms with van der Waals surface area (Å²) >= 11 is 0. The number of carbonyl (C=O) groups excluding carboxylic acids is 2. The van der Waals surface area contributed by atoms with Gasteiger partial charge in [-0.3, -0.25) is 24.4 Å². The Labute approximate surface area is 167 Å². The number of hydrogen-bond donors (Lipinski definition) is 1. The molecule has 1 aromatic heterocycles. The van der Waals surface area contributed by atoms with Crippen LogP contribution in [0.1, 0.15) is 37.8 Å². The number of carbonyl (C=O) groups is 2. The first-order chi connectivity index (χ1) is 13.7. The van der Waals surface area contributed by atoms with E-state index in [2.05, 4.69) is 20.1 Å². The van der Waals surface area contributed by atoms with Gasteiger partial charge in [0, 0.05) is 58.1 Å². The van der Waals surface area contributed by atoms with Crippen LogP contribution in [0.25, 0.3) is 0 Å². The lowest BCUT2D eigenvalue weighted by Crippen LogP contribution is -2.59. The summed E-state index contributed by atoms with van der Waals surface area (Å²) in [5.74, 6) is 0.142. The molecule has 4 rings (SSSR count). The zero-order valence-corrected chi connectivity index (χ0v) is 16.6.